The molecule has 2 aromatic rings. The van der Waals surface area contributed by atoms with Gasteiger partial charge in [0.1, 0.15) is 5.75 Å². The van der Waals surface area contributed by atoms with E-state index in [1.165, 1.54) is 0 Å². The number of nitrogens with zero attached hydrogens (tertiary/aromatic N) is 3. The van der Waals surface area contributed by atoms with E-state index in [2.05, 4.69) is 10.2 Å². The van der Waals surface area contributed by atoms with E-state index in [1.807, 2.05) is 57.9 Å². The monoisotopic (exact) mass is 514 g/mol. The Balaban J connectivity index is 0.000000429. The van der Waals surface area contributed by atoms with Gasteiger partial charge in [-0.3, -0.25) is 9.69 Å². The summed E-state index contributed by atoms with van der Waals surface area (Å²) < 4.78 is 36.9. The lowest BCUT2D eigenvalue weighted by atomic mass is 9.93. The van der Waals surface area contributed by atoms with Crippen LogP contribution in [0.2, 0.25) is 0 Å². The number of likely N-dealkylation sites (N-methyl/N-ethyl adjacent to an activating group) is 1. The number of thiophene rings is 1. The second-order valence-electron chi connectivity index (χ2n) is 8.17. The molecule has 1 spiro atoms. The first kappa shape index (κ1) is 26.3. The van der Waals surface area contributed by atoms with Crippen molar-refractivity contribution < 1.29 is 37.4 Å². The molecule has 3 heterocycles. The van der Waals surface area contributed by atoms with E-state index >= 15 is 0 Å². The third kappa shape index (κ3) is 6.22. The van der Waals surface area contributed by atoms with Gasteiger partial charge in [-0.15, -0.1) is 0 Å². The van der Waals surface area contributed by atoms with Crippen LogP contribution >= 0.6 is 11.3 Å². The van der Waals surface area contributed by atoms with Crippen molar-refractivity contribution in [2.75, 3.05) is 50.6 Å². The van der Waals surface area contributed by atoms with Gasteiger partial charge in [0.2, 0.25) is 5.91 Å². The molecule has 2 aliphatic heterocycles. The molecule has 0 aliphatic carbocycles. The summed E-state index contributed by atoms with van der Waals surface area (Å²) in [6.45, 7) is 2.23. The minimum Gasteiger partial charge on any atom is -0.497 e. The summed E-state index contributed by atoms with van der Waals surface area (Å²) in [7, 11) is 3.59. The smallest absolute Gasteiger partial charge is 0.490 e. The number of methoxy groups -OCH3 is 1. The Morgan fingerprint density at radius 3 is 2.37 bits per heavy atom. The molecule has 2 aliphatic rings. The van der Waals surface area contributed by atoms with Crippen LogP contribution in [0.15, 0.2) is 41.1 Å². The molecule has 2 fully saturated rings. The van der Waals surface area contributed by atoms with Gasteiger partial charge < -0.3 is 25.0 Å². The molecule has 9 nitrogen and oxygen atoms in total. The normalized spacial score (nSPS) is 20.4. The molecule has 1 atom stereocenters. The Morgan fingerprint density at radius 2 is 1.83 bits per heavy atom. The minimum absolute atomic E-state index is 0.104. The largest absolute Gasteiger partial charge is 0.497 e. The lowest BCUT2D eigenvalue weighted by Crippen LogP contribution is -2.64. The summed E-state index contributed by atoms with van der Waals surface area (Å²) in [6, 6.07) is 9.15. The summed E-state index contributed by atoms with van der Waals surface area (Å²) in [5, 5.41) is 14.1. The van der Waals surface area contributed by atoms with Crippen LogP contribution in [0.1, 0.15) is 6.42 Å². The molecule has 1 aromatic heterocycles. The van der Waals surface area contributed by atoms with Crippen molar-refractivity contribution in [3.8, 4) is 5.75 Å². The topological polar surface area (TPSA) is 102 Å². The number of likely N-dealkylation sites (tertiary alicyclic amines) is 1. The highest BCUT2D eigenvalue weighted by molar-refractivity contribution is 7.08. The average molecular weight is 515 g/mol. The number of carbonyl (C=O) groups excluding carboxylic acids is 2. The number of piperazine rings is 1. The van der Waals surface area contributed by atoms with Crippen molar-refractivity contribution in [2.45, 2.75) is 18.1 Å². The lowest BCUT2D eigenvalue weighted by Gasteiger charge is -2.46. The van der Waals surface area contributed by atoms with Crippen molar-refractivity contribution in [3.05, 3.63) is 41.1 Å². The van der Waals surface area contributed by atoms with Crippen molar-refractivity contribution in [1.82, 2.24) is 9.80 Å². The third-order valence-corrected chi connectivity index (χ3v) is 6.63. The Morgan fingerprint density at radius 1 is 1.17 bits per heavy atom. The highest BCUT2D eigenvalue weighted by atomic mass is 32.1. The van der Waals surface area contributed by atoms with Crippen LogP contribution in [-0.4, -0.2) is 84.9 Å². The van der Waals surface area contributed by atoms with Crippen LogP contribution in [0.25, 0.3) is 0 Å². The molecule has 35 heavy (non-hydrogen) atoms. The van der Waals surface area contributed by atoms with E-state index in [9.17, 15) is 22.8 Å². The number of amides is 3. The number of hydrogen-bond acceptors (Lipinski definition) is 6. The standard InChI is InChI=1S/C20H24N4O3S.C2HF3O2/c1-22-11-18(25)24(16-7-10-28-12-16)14-20(22)8-9-23(13-20)19(26)21-15-3-5-17(27-2)6-4-15;3-2(4,5)1(6)7/h3-7,10,12H,8-9,11,13-14H2,1-2H3,(H,21,26);(H,6,7). The number of anilines is 2. The van der Waals surface area contributed by atoms with Gasteiger partial charge in [-0.2, -0.15) is 24.5 Å². The molecule has 190 valence electrons. The number of aliphatic carboxylic acids is 1. The Labute approximate surface area is 203 Å². The number of urea groups is 1. The van der Waals surface area contributed by atoms with Crippen LogP contribution in [0.4, 0.5) is 29.3 Å². The van der Waals surface area contributed by atoms with Crippen LogP contribution in [0, 0.1) is 0 Å². The van der Waals surface area contributed by atoms with Crippen LogP contribution in [0.3, 0.4) is 0 Å². The molecule has 2 N–H and O–H groups in total. The highest BCUT2D eigenvalue weighted by Gasteiger charge is 2.48. The zero-order valence-electron chi connectivity index (χ0n) is 19.0. The second-order valence-corrected chi connectivity index (χ2v) is 8.95. The van der Waals surface area contributed by atoms with Crippen molar-refractivity contribution in [3.63, 3.8) is 0 Å². The number of carboxylic acids is 1. The molecule has 2 saturated heterocycles. The fourth-order valence-corrected chi connectivity index (χ4v) is 4.59. The molecule has 0 radical (unpaired) electrons. The van der Waals surface area contributed by atoms with Gasteiger partial charge in [0.15, 0.2) is 0 Å². The summed E-state index contributed by atoms with van der Waals surface area (Å²) in [5.74, 6) is -1.90. The van der Waals surface area contributed by atoms with Crippen LogP contribution in [0.5, 0.6) is 5.75 Å². The van der Waals surface area contributed by atoms with Crippen LogP contribution < -0.4 is 15.0 Å². The molecule has 13 heteroatoms. The van der Waals surface area contributed by atoms with E-state index in [1.54, 1.807) is 18.4 Å². The molecule has 0 bridgehead atoms. The summed E-state index contributed by atoms with van der Waals surface area (Å²) in [6.07, 6.45) is -4.24. The van der Waals surface area contributed by atoms with Gasteiger partial charge in [-0.05, 0) is 49.2 Å². The summed E-state index contributed by atoms with van der Waals surface area (Å²) in [4.78, 5) is 40.0. The minimum atomic E-state index is -5.08. The first-order chi connectivity index (χ1) is 16.4. The molecule has 3 amide bonds. The SMILES string of the molecule is COc1ccc(NC(=O)N2CCC3(C2)CN(c2ccsc2)C(=O)CN3C)cc1.O=C(O)C(F)(F)F. The highest BCUT2D eigenvalue weighted by Crippen LogP contribution is 2.34. The number of hydrogen-bond donors (Lipinski definition) is 2. The molecular weight excluding hydrogens is 489 g/mol. The number of carbonyl (C=O) groups is 3. The maximum atomic E-state index is 12.8. The first-order valence-corrected chi connectivity index (χ1v) is 11.4. The van der Waals surface area contributed by atoms with Crippen molar-refractivity contribution in [1.29, 1.82) is 0 Å². The third-order valence-electron chi connectivity index (χ3n) is 5.96. The number of nitrogens with one attached hydrogen (secondary N) is 1. The quantitative estimate of drug-likeness (QED) is 0.652. The maximum absolute atomic E-state index is 12.8. The van der Waals surface area contributed by atoms with E-state index in [-0.39, 0.29) is 17.5 Å². The average Bonchev–Trinajstić information content (AvgIpc) is 3.48. The molecule has 1 unspecified atom stereocenters. The van der Waals surface area contributed by atoms with E-state index in [0.29, 0.717) is 26.2 Å². The van der Waals surface area contributed by atoms with Gasteiger partial charge in [-0.1, -0.05) is 0 Å². The molecule has 4 rings (SSSR count). The lowest BCUT2D eigenvalue weighted by molar-refractivity contribution is -0.192. The van der Waals surface area contributed by atoms with Gasteiger partial charge in [-0.25, -0.2) is 9.59 Å². The fraction of sp³-hybridized carbons (Fsp3) is 0.409. The predicted molar refractivity (Wildman–Crippen MR) is 124 cm³/mol. The van der Waals surface area contributed by atoms with E-state index in [0.717, 1.165) is 23.5 Å². The number of halogens is 3. The van der Waals surface area contributed by atoms with Gasteiger partial charge in [0.05, 0.1) is 24.9 Å². The zero-order chi connectivity index (χ0) is 25.8. The Kier molecular flexibility index (Phi) is 7.90. The molecule has 0 saturated carbocycles. The number of alkyl halides is 3. The Bertz CT molecular complexity index is 1050. The molecular formula is C22H25F3N4O5S. The first-order valence-electron chi connectivity index (χ1n) is 10.5. The van der Waals surface area contributed by atoms with Gasteiger partial charge in [0, 0.05) is 30.7 Å². The summed E-state index contributed by atoms with van der Waals surface area (Å²) in [5.41, 5.74) is 1.47. The van der Waals surface area contributed by atoms with Gasteiger partial charge >= 0.3 is 18.2 Å². The Hall–Kier alpha value is -3.32. The number of ether oxygens (including phenoxy) is 1. The molecule has 1 aromatic carbocycles. The van der Waals surface area contributed by atoms with Crippen LogP contribution in [-0.2, 0) is 9.59 Å². The van der Waals surface area contributed by atoms with Crippen molar-refractivity contribution >= 4 is 40.6 Å². The second kappa shape index (κ2) is 10.5. The maximum Gasteiger partial charge on any atom is 0.490 e. The predicted octanol–water partition coefficient (Wildman–Crippen LogP) is 3.35. The summed E-state index contributed by atoms with van der Waals surface area (Å²) >= 11 is 1.59. The van der Waals surface area contributed by atoms with E-state index < -0.39 is 12.1 Å². The number of benzene rings is 1. The number of carboxylic acid groups (broad SMARTS) is 1. The van der Waals surface area contributed by atoms with Crippen molar-refractivity contribution in [2.24, 2.45) is 0 Å². The van der Waals surface area contributed by atoms with E-state index in [4.69, 9.17) is 14.6 Å². The zero-order valence-corrected chi connectivity index (χ0v) is 19.9. The number of rotatable bonds is 3. The fourth-order valence-electron chi connectivity index (χ4n) is 3.95. The van der Waals surface area contributed by atoms with Gasteiger partial charge in [0.25, 0.3) is 0 Å².